The van der Waals surface area contributed by atoms with Crippen LogP contribution in [0.25, 0.3) is 11.1 Å². The predicted molar refractivity (Wildman–Crippen MR) is 72.5 cm³/mol. The van der Waals surface area contributed by atoms with Crippen LogP contribution in [0.3, 0.4) is 0 Å². The maximum Gasteiger partial charge on any atom is 0.137 e. The van der Waals surface area contributed by atoms with Crippen LogP contribution in [0.15, 0.2) is 34.8 Å². The summed E-state index contributed by atoms with van der Waals surface area (Å²) >= 11 is 3.16. The fourth-order valence-electron chi connectivity index (χ4n) is 1.72. The molecule has 2 aromatic rings. The second-order valence-electron chi connectivity index (χ2n) is 3.85. The smallest absolute Gasteiger partial charge is 0.137 e. The van der Waals surface area contributed by atoms with Gasteiger partial charge in [-0.05, 0) is 45.8 Å². The van der Waals surface area contributed by atoms with Gasteiger partial charge >= 0.3 is 0 Å². The van der Waals surface area contributed by atoms with Crippen LogP contribution in [-0.2, 0) is 0 Å². The minimum absolute atomic E-state index is 0.0494. The van der Waals surface area contributed by atoms with Gasteiger partial charge in [0.2, 0.25) is 0 Å². The van der Waals surface area contributed by atoms with Gasteiger partial charge < -0.3 is 9.84 Å². The summed E-state index contributed by atoms with van der Waals surface area (Å²) in [5.41, 5.74) is 1.17. The van der Waals surface area contributed by atoms with Crippen LogP contribution in [0.5, 0.6) is 11.5 Å². The number of phenolic OH excluding ortho intramolecular Hbond substituents is 1. The van der Waals surface area contributed by atoms with Crippen LogP contribution >= 0.6 is 15.9 Å². The highest BCUT2D eigenvalue weighted by molar-refractivity contribution is 9.10. The van der Waals surface area contributed by atoms with E-state index in [-0.39, 0.29) is 5.75 Å². The van der Waals surface area contributed by atoms with Crippen molar-refractivity contribution < 1.29 is 14.2 Å². The molecule has 0 radical (unpaired) electrons. The number of aromatic hydroxyl groups is 1. The van der Waals surface area contributed by atoms with Crippen molar-refractivity contribution in [3.8, 4) is 28.7 Å². The Labute approximate surface area is 118 Å². The van der Waals surface area contributed by atoms with E-state index >= 15 is 0 Å². The Balaban J connectivity index is 2.68. The number of nitrogens with zero attached hydrogens (tertiary/aromatic N) is 1. The van der Waals surface area contributed by atoms with Gasteiger partial charge in [0.1, 0.15) is 17.3 Å². The molecule has 0 aliphatic rings. The molecular weight excluding hydrogens is 313 g/mol. The summed E-state index contributed by atoms with van der Waals surface area (Å²) in [6.45, 7) is 0. The number of rotatable bonds is 2. The van der Waals surface area contributed by atoms with Crippen LogP contribution in [0.4, 0.5) is 4.39 Å². The molecule has 0 aliphatic carbocycles. The summed E-state index contributed by atoms with van der Waals surface area (Å²) in [6.07, 6.45) is 0. The van der Waals surface area contributed by atoms with E-state index in [1.165, 1.54) is 31.4 Å². The van der Waals surface area contributed by atoms with Crippen LogP contribution in [0.1, 0.15) is 5.56 Å². The molecule has 0 amide bonds. The maximum absolute atomic E-state index is 13.5. The molecular formula is C14H9BrFNO2. The number of halogens is 2. The maximum atomic E-state index is 13.5. The lowest BCUT2D eigenvalue weighted by molar-refractivity contribution is 0.411. The van der Waals surface area contributed by atoms with Crippen molar-refractivity contribution in [3.05, 3.63) is 46.2 Å². The lowest BCUT2D eigenvalue weighted by Gasteiger charge is -2.09. The fraction of sp³-hybridized carbons (Fsp3) is 0.0714. The van der Waals surface area contributed by atoms with Gasteiger partial charge in [-0.25, -0.2) is 4.39 Å². The molecule has 0 aromatic heterocycles. The highest BCUT2D eigenvalue weighted by atomic mass is 79.9. The molecule has 1 N–H and O–H groups in total. The minimum atomic E-state index is -0.479. The van der Waals surface area contributed by atoms with E-state index in [0.717, 1.165) is 0 Å². The first kappa shape index (κ1) is 13.4. The van der Waals surface area contributed by atoms with Gasteiger partial charge in [-0.3, -0.25) is 0 Å². The molecule has 19 heavy (non-hydrogen) atoms. The van der Waals surface area contributed by atoms with Crippen LogP contribution < -0.4 is 4.74 Å². The molecule has 2 aromatic carbocycles. The van der Waals surface area contributed by atoms with E-state index in [9.17, 15) is 9.50 Å². The summed E-state index contributed by atoms with van der Waals surface area (Å²) in [5.74, 6) is -0.188. The van der Waals surface area contributed by atoms with Gasteiger partial charge in [0, 0.05) is 11.6 Å². The Hall–Kier alpha value is -2.06. The van der Waals surface area contributed by atoms with Crippen molar-refractivity contribution in [2.24, 2.45) is 0 Å². The molecule has 3 nitrogen and oxygen atoms in total. The van der Waals surface area contributed by atoms with E-state index in [0.29, 0.717) is 26.9 Å². The Bertz CT molecular complexity index is 680. The number of methoxy groups -OCH3 is 1. The number of phenols is 1. The van der Waals surface area contributed by atoms with E-state index in [4.69, 9.17) is 10.00 Å². The quantitative estimate of drug-likeness (QED) is 0.914. The Morgan fingerprint density at radius 1 is 1.26 bits per heavy atom. The fourth-order valence-corrected chi connectivity index (χ4v) is 2.18. The van der Waals surface area contributed by atoms with Crippen molar-refractivity contribution in [1.82, 2.24) is 0 Å². The van der Waals surface area contributed by atoms with Crippen LogP contribution in [0.2, 0.25) is 0 Å². The molecule has 96 valence electrons. The number of hydrogen-bond donors (Lipinski definition) is 1. The molecule has 0 aliphatic heterocycles. The zero-order valence-corrected chi connectivity index (χ0v) is 11.5. The molecule has 0 atom stereocenters. The standard InChI is InChI=1S/C14H9BrFNO2/c1-19-11-5-9(4-10(16)6-11)12-2-8(7-17)3-13(15)14(12)18/h2-6,18H,1H3. The Morgan fingerprint density at radius 2 is 2.00 bits per heavy atom. The number of nitriles is 1. The summed E-state index contributed by atoms with van der Waals surface area (Å²) < 4.78 is 18.8. The second-order valence-corrected chi connectivity index (χ2v) is 4.70. The first-order valence-corrected chi connectivity index (χ1v) is 6.12. The molecule has 0 spiro atoms. The molecule has 0 unspecified atom stereocenters. The lowest BCUT2D eigenvalue weighted by Crippen LogP contribution is -1.89. The second kappa shape index (κ2) is 5.29. The van der Waals surface area contributed by atoms with Crippen molar-refractivity contribution >= 4 is 15.9 Å². The molecule has 2 rings (SSSR count). The average Bonchev–Trinajstić information content (AvgIpc) is 2.40. The summed E-state index contributed by atoms with van der Waals surface area (Å²) in [6, 6.07) is 9.07. The predicted octanol–water partition coefficient (Wildman–Crippen LogP) is 3.84. The van der Waals surface area contributed by atoms with Gasteiger partial charge in [-0.2, -0.15) is 5.26 Å². The first-order valence-electron chi connectivity index (χ1n) is 5.32. The average molecular weight is 322 g/mol. The van der Waals surface area contributed by atoms with Gasteiger partial charge in [0.05, 0.1) is 23.2 Å². The molecule has 0 fully saturated rings. The Kier molecular flexibility index (Phi) is 3.72. The van der Waals surface area contributed by atoms with Gasteiger partial charge in [-0.1, -0.05) is 0 Å². The number of hydrogen-bond acceptors (Lipinski definition) is 3. The Morgan fingerprint density at radius 3 is 2.63 bits per heavy atom. The highest BCUT2D eigenvalue weighted by Crippen LogP contribution is 2.38. The third kappa shape index (κ3) is 2.69. The monoisotopic (exact) mass is 321 g/mol. The van der Waals surface area contributed by atoms with E-state index in [1.807, 2.05) is 6.07 Å². The van der Waals surface area contributed by atoms with Crippen molar-refractivity contribution in [2.45, 2.75) is 0 Å². The zero-order valence-electron chi connectivity index (χ0n) is 9.95. The number of benzene rings is 2. The molecule has 0 bridgehead atoms. The highest BCUT2D eigenvalue weighted by Gasteiger charge is 2.12. The SMILES string of the molecule is COc1cc(F)cc(-c2cc(C#N)cc(Br)c2O)c1. The van der Waals surface area contributed by atoms with Crippen molar-refractivity contribution in [3.63, 3.8) is 0 Å². The third-order valence-corrected chi connectivity index (χ3v) is 3.21. The van der Waals surface area contributed by atoms with E-state index in [1.54, 1.807) is 6.07 Å². The van der Waals surface area contributed by atoms with Crippen molar-refractivity contribution in [1.29, 1.82) is 5.26 Å². The topological polar surface area (TPSA) is 53.2 Å². The zero-order chi connectivity index (χ0) is 14.0. The summed E-state index contributed by atoms with van der Waals surface area (Å²) in [4.78, 5) is 0. The minimum Gasteiger partial charge on any atom is -0.506 e. The van der Waals surface area contributed by atoms with Crippen LogP contribution in [0, 0.1) is 17.1 Å². The first-order chi connectivity index (χ1) is 9.05. The largest absolute Gasteiger partial charge is 0.506 e. The molecule has 5 heteroatoms. The van der Waals surface area contributed by atoms with E-state index in [2.05, 4.69) is 15.9 Å². The third-order valence-electron chi connectivity index (χ3n) is 2.61. The van der Waals surface area contributed by atoms with E-state index < -0.39 is 5.82 Å². The molecule has 0 heterocycles. The van der Waals surface area contributed by atoms with Gasteiger partial charge in [-0.15, -0.1) is 0 Å². The van der Waals surface area contributed by atoms with Crippen molar-refractivity contribution in [2.75, 3.05) is 7.11 Å². The normalized spacial score (nSPS) is 10.0. The molecule has 0 saturated carbocycles. The van der Waals surface area contributed by atoms with Crippen LogP contribution in [-0.4, -0.2) is 12.2 Å². The van der Waals surface area contributed by atoms with Gasteiger partial charge in [0.15, 0.2) is 0 Å². The lowest BCUT2D eigenvalue weighted by atomic mass is 10.0. The molecule has 0 saturated heterocycles. The summed E-state index contributed by atoms with van der Waals surface area (Å²) in [7, 11) is 1.43. The van der Waals surface area contributed by atoms with Gasteiger partial charge in [0.25, 0.3) is 0 Å². The summed E-state index contributed by atoms with van der Waals surface area (Å²) in [5, 5.41) is 18.9. The number of ether oxygens (including phenoxy) is 1.